The molecule has 1 aromatic rings. The van der Waals surface area contributed by atoms with Crippen LogP contribution in [0.3, 0.4) is 0 Å². The topological polar surface area (TPSA) is 15.3 Å². The van der Waals surface area contributed by atoms with Crippen molar-refractivity contribution in [2.75, 3.05) is 26.2 Å². The van der Waals surface area contributed by atoms with Crippen LogP contribution >= 0.6 is 40.7 Å². The quantitative estimate of drug-likeness (QED) is 0.819. The van der Waals surface area contributed by atoms with Crippen LogP contribution in [0.1, 0.15) is 32.4 Å². The highest BCUT2D eigenvalue weighted by Crippen LogP contribution is 2.40. The minimum absolute atomic E-state index is 0. The summed E-state index contributed by atoms with van der Waals surface area (Å²) in [4.78, 5) is 2.61. The Balaban J connectivity index is 0.00000180. The molecule has 0 aliphatic carbocycles. The Kier molecular flexibility index (Phi) is 8.68. The van der Waals surface area contributed by atoms with Crippen LogP contribution in [0.25, 0.3) is 0 Å². The maximum Gasteiger partial charge on any atom is 0.0408 e. The normalized spacial score (nSPS) is 17.8. The van der Waals surface area contributed by atoms with Crippen LogP contribution in [-0.4, -0.2) is 31.1 Å². The zero-order chi connectivity index (χ0) is 13.2. The van der Waals surface area contributed by atoms with Crippen molar-refractivity contribution in [3.05, 3.63) is 34.3 Å². The van der Waals surface area contributed by atoms with Gasteiger partial charge in [0.1, 0.15) is 0 Å². The van der Waals surface area contributed by atoms with Crippen molar-refractivity contribution in [3.63, 3.8) is 0 Å². The smallest absolute Gasteiger partial charge is 0.0408 e. The highest BCUT2D eigenvalue weighted by Gasteiger charge is 2.33. The van der Waals surface area contributed by atoms with Crippen molar-refractivity contribution in [3.8, 4) is 0 Å². The van der Waals surface area contributed by atoms with E-state index in [4.69, 9.17) is 0 Å². The highest BCUT2D eigenvalue weighted by atomic mass is 79.9. The molecule has 2 rings (SSSR count). The van der Waals surface area contributed by atoms with Gasteiger partial charge in [-0.15, -0.1) is 24.8 Å². The third-order valence-corrected chi connectivity index (χ3v) is 4.26. The molecule has 0 bridgehead atoms. The predicted molar refractivity (Wildman–Crippen MR) is 95.3 cm³/mol. The Morgan fingerprint density at radius 1 is 1.10 bits per heavy atom. The van der Waals surface area contributed by atoms with Crippen LogP contribution < -0.4 is 5.32 Å². The molecule has 0 amide bonds. The van der Waals surface area contributed by atoms with Crippen molar-refractivity contribution in [1.82, 2.24) is 10.2 Å². The van der Waals surface area contributed by atoms with Crippen molar-refractivity contribution in [2.45, 2.75) is 26.8 Å². The Hall–Kier alpha value is 0.200. The second-order valence-electron chi connectivity index (χ2n) is 6.08. The average Bonchev–Trinajstić information content (AvgIpc) is 2.32. The summed E-state index contributed by atoms with van der Waals surface area (Å²) in [6.45, 7) is 11.4. The van der Waals surface area contributed by atoms with Gasteiger partial charge in [-0.2, -0.15) is 0 Å². The van der Waals surface area contributed by atoms with Crippen LogP contribution in [0.2, 0.25) is 0 Å². The number of nitrogens with zero attached hydrogens (tertiary/aromatic N) is 1. The van der Waals surface area contributed by atoms with Gasteiger partial charge in [0.15, 0.2) is 0 Å². The zero-order valence-corrected chi connectivity index (χ0v) is 15.6. The number of nitrogens with one attached hydrogen (secondary N) is 1. The van der Waals surface area contributed by atoms with Gasteiger partial charge in [-0.1, -0.05) is 54.9 Å². The maximum absolute atomic E-state index is 3.71. The monoisotopic (exact) mass is 382 g/mol. The fourth-order valence-corrected chi connectivity index (χ4v) is 3.35. The summed E-state index contributed by atoms with van der Waals surface area (Å²) >= 11 is 3.71. The molecule has 1 saturated heterocycles. The lowest BCUT2D eigenvalue weighted by Crippen LogP contribution is -2.48. The molecule has 20 heavy (non-hydrogen) atoms. The molecule has 116 valence electrons. The number of halogens is 3. The van der Waals surface area contributed by atoms with Gasteiger partial charge in [-0.25, -0.2) is 0 Å². The first-order valence-electron chi connectivity index (χ1n) is 6.69. The van der Waals surface area contributed by atoms with E-state index in [9.17, 15) is 0 Å². The van der Waals surface area contributed by atoms with Crippen LogP contribution in [-0.2, 0) is 0 Å². The molecule has 1 aliphatic heterocycles. The molecule has 1 heterocycles. The Bertz CT molecular complexity index is 401. The summed E-state index contributed by atoms with van der Waals surface area (Å²) in [7, 11) is 0. The second-order valence-corrected chi connectivity index (χ2v) is 6.93. The SMILES string of the molecule is CC(C)(C)[C@@H](c1ccccc1Br)N1CCNCC1.Cl.Cl. The van der Waals surface area contributed by atoms with Gasteiger partial charge in [0, 0.05) is 36.7 Å². The van der Waals surface area contributed by atoms with E-state index in [-0.39, 0.29) is 30.2 Å². The Morgan fingerprint density at radius 3 is 2.15 bits per heavy atom. The third kappa shape index (κ3) is 4.88. The molecule has 0 spiro atoms. The fourth-order valence-electron chi connectivity index (χ4n) is 2.85. The lowest BCUT2D eigenvalue weighted by atomic mass is 9.81. The molecule has 0 unspecified atom stereocenters. The van der Waals surface area contributed by atoms with Gasteiger partial charge in [-0.05, 0) is 17.0 Å². The van der Waals surface area contributed by atoms with Crippen molar-refractivity contribution in [1.29, 1.82) is 0 Å². The first kappa shape index (κ1) is 20.2. The fraction of sp³-hybridized carbons (Fsp3) is 0.600. The second kappa shape index (κ2) is 8.60. The molecule has 0 radical (unpaired) electrons. The molecule has 1 aromatic carbocycles. The van der Waals surface area contributed by atoms with Crippen LogP contribution in [0.5, 0.6) is 0 Å². The van der Waals surface area contributed by atoms with Gasteiger partial charge < -0.3 is 5.32 Å². The minimum Gasteiger partial charge on any atom is -0.314 e. The van der Waals surface area contributed by atoms with E-state index in [0.717, 1.165) is 26.2 Å². The van der Waals surface area contributed by atoms with E-state index in [0.29, 0.717) is 6.04 Å². The van der Waals surface area contributed by atoms with E-state index in [1.165, 1.54) is 10.0 Å². The highest BCUT2D eigenvalue weighted by molar-refractivity contribution is 9.10. The molecule has 1 N–H and O–H groups in total. The lowest BCUT2D eigenvalue weighted by molar-refractivity contribution is 0.0857. The van der Waals surface area contributed by atoms with Crippen molar-refractivity contribution in [2.24, 2.45) is 5.41 Å². The summed E-state index contributed by atoms with van der Waals surface area (Å²) in [6, 6.07) is 9.10. The molecule has 1 fully saturated rings. The summed E-state index contributed by atoms with van der Waals surface area (Å²) in [5, 5.41) is 3.43. The van der Waals surface area contributed by atoms with E-state index in [2.05, 4.69) is 71.2 Å². The molecular weight excluding hydrogens is 359 g/mol. The van der Waals surface area contributed by atoms with Crippen LogP contribution in [0.4, 0.5) is 0 Å². The Morgan fingerprint density at radius 2 is 1.65 bits per heavy atom. The first-order chi connectivity index (χ1) is 8.50. The van der Waals surface area contributed by atoms with Crippen molar-refractivity contribution >= 4 is 40.7 Å². The summed E-state index contributed by atoms with van der Waals surface area (Å²) in [5.41, 5.74) is 1.65. The summed E-state index contributed by atoms with van der Waals surface area (Å²) < 4.78 is 1.23. The minimum atomic E-state index is 0. The maximum atomic E-state index is 3.71. The number of hydrogen-bond acceptors (Lipinski definition) is 2. The van der Waals surface area contributed by atoms with E-state index < -0.39 is 0 Å². The zero-order valence-electron chi connectivity index (χ0n) is 12.4. The summed E-state index contributed by atoms with van der Waals surface area (Å²) in [5.74, 6) is 0. The van der Waals surface area contributed by atoms with E-state index in [1.807, 2.05) is 0 Å². The van der Waals surface area contributed by atoms with Gasteiger partial charge in [-0.3, -0.25) is 4.90 Å². The number of hydrogen-bond donors (Lipinski definition) is 1. The largest absolute Gasteiger partial charge is 0.314 e. The van der Waals surface area contributed by atoms with Gasteiger partial charge in [0.2, 0.25) is 0 Å². The molecule has 5 heteroatoms. The van der Waals surface area contributed by atoms with E-state index >= 15 is 0 Å². The lowest BCUT2D eigenvalue weighted by Gasteiger charge is -2.43. The molecule has 1 aliphatic rings. The number of piperazine rings is 1. The predicted octanol–water partition coefficient (Wildman–Crippen LogP) is 4.29. The number of rotatable bonds is 2. The van der Waals surface area contributed by atoms with Crippen LogP contribution in [0.15, 0.2) is 28.7 Å². The molecule has 1 atom stereocenters. The van der Waals surface area contributed by atoms with Gasteiger partial charge >= 0.3 is 0 Å². The van der Waals surface area contributed by atoms with Crippen LogP contribution in [0, 0.1) is 5.41 Å². The molecular formula is C15H25BrCl2N2. The van der Waals surface area contributed by atoms with Gasteiger partial charge in [0.05, 0.1) is 0 Å². The van der Waals surface area contributed by atoms with E-state index in [1.54, 1.807) is 0 Å². The molecule has 0 saturated carbocycles. The molecule has 2 nitrogen and oxygen atoms in total. The average molecular weight is 384 g/mol. The molecule has 0 aromatic heterocycles. The Labute approximate surface area is 143 Å². The summed E-state index contributed by atoms with van der Waals surface area (Å²) in [6.07, 6.45) is 0. The number of benzene rings is 1. The third-order valence-electron chi connectivity index (χ3n) is 3.54. The first-order valence-corrected chi connectivity index (χ1v) is 7.48. The standard InChI is InChI=1S/C15H23BrN2.2ClH/c1-15(2,3)14(18-10-8-17-9-11-18)12-6-4-5-7-13(12)16;;/h4-7,14,17H,8-11H2,1-3H3;2*1H/t14-;;/m1../s1. The van der Waals surface area contributed by atoms with Crippen molar-refractivity contribution < 1.29 is 0 Å². The van der Waals surface area contributed by atoms with Gasteiger partial charge in [0.25, 0.3) is 0 Å².